The summed E-state index contributed by atoms with van der Waals surface area (Å²) in [7, 11) is -3.62. The fourth-order valence-electron chi connectivity index (χ4n) is 3.96. The molecule has 1 amide bonds. The van der Waals surface area contributed by atoms with Crippen LogP contribution in [-0.4, -0.2) is 61.2 Å². The molecule has 0 aromatic heterocycles. The molecule has 1 fully saturated rings. The summed E-state index contributed by atoms with van der Waals surface area (Å²) >= 11 is 0. The molecule has 3 rings (SSSR count). The maximum atomic E-state index is 13.2. The van der Waals surface area contributed by atoms with Gasteiger partial charge in [-0.25, -0.2) is 8.42 Å². The van der Waals surface area contributed by atoms with Crippen LogP contribution < -0.4 is 5.32 Å². The summed E-state index contributed by atoms with van der Waals surface area (Å²) in [6.07, 6.45) is 0. The summed E-state index contributed by atoms with van der Waals surface area (Å²) in [6, 6.07) is 9.68. The van der Waals surface area contributed by atoms with Crippen LogP contribution in [0.4, 0.5) is 11.4 Å². The monoisotopic (exact) mass is 446 g/mol. The first-order chi connectivity index (χ1) is 14.6. The highest BCUT2D eigenvalue weighted by Crippen LogP contribution is 2.26. The van der Waals surface area contributed by atoms with Crippen molar-refractivity contribution in [1.82, 2.24) is 9.21 Å². The van der Waals surface area contributed by atoms with Gasteiger partial charge < -0.3 is 5.32 Å². The van der Waals surface area contributed by atoms with Crippen molar-refractivity contribution >= 4 is 27.3 Å². The van der Waals surface area contributed by atoms with Crippen molar-refractivity contribution in [2.45, 2.75) is 25.7 Å². The highest BCUT2D eigenvalue weighted by Gasteiger charge is 2.31. The first-order valence-electron chi connectivity index (χ1n) is 9.93. The van der Waals surface area contributed by atoms with Crippen LogP contribution in [-0.2, 0) is 14.8 Å². The van der Waals surface area contributed by atoms with Gasteiger partial charge in [0.1, 0.15) is 5.69 Å². The lowest BCUT2D eigenvalue weighted by molar-refractivity contribution is -0.383. The smallest absolute Gasteiger partial charge is 0.292 e. The van der Waals surface area contributed by atoms with Crippen LogP contribution in [0.3, 0.4) is 0 Å². The Labute approximate surface area is 181 Å². The van der Waals surface area contributed by atoms with Gasteiger partial charge >= 0.3 is 0 Å². The maximum Gasteiger partial charge on any atom is 0.292 e. The maximum absolute atomic E-state index is 13.2. The van der Waals surface area contributed by atoms with Crippen LogP contribution in [0.15, 0.2) is 41.3 Å². The Morgan fingerprint density at radius 1 is 1.06 bits per heavy atom. The van der Waals surface area contributed by atoms with Crippen LogP contribution in [0.2, 0.25) is 0 Å². The number of anilines is 1. The first-order valence-corrected chi connectivity index (χ1v) is 11.4. The Morgan fingerprint density at radius 2 is 1.65 bits per heavy atom. The molecule has 2 aromatic rings. The quantitative estimate of drug-likeness (QED) is 0.539. The zero-order valence-electron chi connectivity index (χ0n) is 17.8. The van der Waals surface area contributed by atoms with Crippen LogP contribution in [0.5, 0.6) is 0 Å². The Hall–Kier alpha value is -2.82. The van der Waals surface area contributed by atoms with Crippen molar-refractivity contribution in [1.29, 1.82) is 0 Å². The number of nitrogens with one attached hydrogen (secondary N) is 1. The second-order valence-corrected chi connectivity index (χ2v) is 9.61. The van der Waals surface area contributed by atoms with E-state index < -0.39 is 14.9 Å². The number of amides is 1. The Balaban J connectivity index is 1.62. The van der Waals surface area contributed by atoms with Gasteiger partial charge in [0.05, 0.1) is 16.4 Å². The molecule has 1 N–H and O–H groups in total. The second-order valence-electron chi connectivity index (χ2n) is 7.73. The fraction of sp³-hybridized carbons (Fsp3) is 0.381. The number of sulfonamides is 1. The molecule has 1 aliphatic heterocycles. The van der Waals surface area contributed by atoms with Crippen molar-refractivity contribution in [3.63, 3.8) is 0 Å². The van der Waals surface area contributed by atoms with Gasteiger partial charge in [-0.3, -0.25) is 19.8 Å². The Kier molecular flexibility index (Phi) is 6.73. The molecule has 1 heterocycles. The Morgan fingerprint density at radius 3 is 2.23 bits per heavy atom. The molecular formula is C21H26N4O5S. The van der Waals surface area contributed by atoms with Gasteiger partial charge in [0.2, 0.25) is 15.9 Å². The molecule has 0 unspecified atom stereocenters. The third kappa shape index (κ3) is 5.09. The molecule has 0 aliphatic carbocycles. The number of rotatable bonds is 6. The number of nitro groups is 1. The van der Waals surface area contributed by atoms with Gasteiger partial charge in [-0.1, -0.05) is 29.8 Å². The van der Waals surface area contributed by atoms with Crippen LogP contribution in [0.1, 0.15) is 16.7 Å². The summed E-state index contributed by atoms with van der Waals surface area (Å²) in [5.41, 5.74) is 2.44. The van der Waals surface area contributed by atoms with E-state index in [2.05, 4.69) is 5.32 Å². The van der Waals surface area contributed by atoms with E-state index in [9.17, 15) is 23.3 Å². The highest BCUT2D eigenvalue weighted by atomic mass is 32.2. The standard InChI is InChI=1S/C21H26N4O5S/c1-15-12-16(2)21(17(3)13-15)31(29,30)24-10-8-23(9-11-24)14-20(26)22-18-6-4-5-7-19(18)25(27)28/h4-7,12-13H,8-11,14H2,1-3H3,(H,22,26). The van der Waals surface area contributed by atoms with Gasteiger partial charge in [0, 0.05) is 32.2 Å². The van der Waals surface area contributed by atoms with Gasteiger partial charge in [0.25, 0.3) is 5.69 Å². The fourth-order valence-corrected chi connectivity index (χ4v) is 5.80. The van der Waals surface area contributed by atoms with E-state index in [1.807, 2.05) is 24.0 Å². The molecule has 2 aromatic carbocycles. The molecule has 0 saturated carbocycles. The van der Waals surface area contributed by atoms with Crippen molar-refractivity contribution in [2.24, 2.45) is 0 Å². The summed E-state index contributed by atoms with van der Waals surface area (Å²) < 4.78 is 27.8. The van der Waals surface area contributed by atoms with Crippen LogP contribution >= 0.6 is 0 Å². The minimum Gasteiger partial charge on any atom is -0.319 e. The van der Waals surface area contributed by atoms with E-state index in [4.69, 9.17) is 0 Å². The van der Waals surface area contributed by atoms with Gasteiger partial charge in [-0.2, -0.15) is 4.31 Å². The second kappa shape index (κ2) is 9.13. The van der Waals surface area contributed by atoms with E-state index in [-0.39, 0.29) is 36.9 Å². The van der Waals surface area contributed by atoms with E-state index >= 15 is 0 Å². The SMILES string of the molecule is Cc1cc(C)c(S(=O)(=O)N2CCN(CC(=O)Nc3ccccc3[N+](=O)[O-])CC2)c(C)c1. The van der Waals surface area contributed by atoms with Crippen molar-refractivity contribution in [2.75, 3.05) is 38.0 Å². The molecule has 1 saturated heterocycles. The topological polar surface area (TPSA) is 113 Å². The zero-order chi connectivity index (χ0) is 22.8. The average molecular weight is 447 g/mol. The summed E-state index contributed by atoms with van der Waals surface area (Å²) in [4.78, 5) is 25.1. The number of aryl methyl sites for hydroxylation is 3. The first kappa shape index (κ1) is 22.9. The predicted molar refractivity (Wildman–Crippen MR) is 118 cm³/mol. The van der Waals surface area contributed by atoms with Gasteiger partial charge in [-0.15, -0.1) is 0 Å². The third-order valence-corrected chi connectivity index (χ3v) is 7.48. The minimum absolute atomic E-state index is 0.0303. The van der Waals surface area contributed by atoms with Crippen LogP contribution in [0, 0.1) is 30.9 Å². The lowest BCUT2D eigenvalue weighted by Crippen LogP contribution is -2.50. The number of hydrogen-bond acceptors (Lipinski definition) is 6. The molecule has 0 spiro atoms. The van der Waals surface area contributed by atoms with E-state index in [1.54, 1.807) is 19.9 Å². The number of para-hydroxylation sites is 2. The number of carbonyl (C=O) groups is 1. The van der Waals surface area contributed by atoms with Gasteiger partial charge in [0.15, 0.2) is 0 Å². The molecule has 0 bridgehead atoms. The van der Waals surface area contributed by atoms with Crippen molar-refractivity contribution in [3.05, 3.63) is 63.2 Å². The Bertz CT molecular complexity index is 1090. The number of carbonyl (C=O) groups excluding carboxylic acids is 1. The molecule has 1 aliphatic rings. The van der Waals surface area contributed by atoms with Crippen molar-refractivity contribution < 1.29 is 18.1 Å². The number of nitrogens with zero attached hydrogens (tertiary/aromatic N) is 3. The molecule has 9 nitrogen and oxygen atoms in total. The molecule has 0 radical (unpaired) electrons. The number of benzene rings is 2. The molecule has 10 heteroatoms. The predicted octanol–water partition coefficient (Wildman–Crippen LogP) is 2.47. The normalized spacial score (nSPS) is 15.6. The summed E-state index contributed by atoms with van der Waals surface area (Å²) in [5, 5.41) is 13.7. The van der Waals surface area contributed by atoms with E-state index in [1.165, 1.54) is 22.5 Å². The number of hydrogen-bond donors (Lipinski definition) is 1. The molecule has 0 atom stereocenters. The van der Waals surface area contributed by atoms with E-state index in [0.717, 1.165) is 16.7 Å². The summed E-state index contributed by atoms with van der Waals surface area (Å²) in [6.45, 7) is 6.90. The summed E-state index contributed by atoms with van der Waals surface area (Å²) in [5.74, 6) is -0.379. The minimum atomic E-state index is -3.62. The van der Waals surface area contributed by atoms with Crippen molar-refractivity contribution in [3.8, 4) is 0 Å². The number of piperazine rings is 1. The average Bonchev–Trinajstić information content (AvgIpc) is 2.67. The van der Waals surface area contributed by atoms with Crippen LogP contribution in [0.25, 0.3) is 0 Å². The third-order valence-electron chi connectivity index (χ3n) is 5.28. The van der Waals surface area contributed by atoms with E-state index in [0.29, 0.717) is 18.0 Å². The largest absolute Gasteiger partial charge is 0.319 e. The van der Waals surface area contributed by atoms with Gasteiger partial charge in [-0.05, 0) is 38.0 Å². The lowest BCUT2D eigenvalue weighted by Gasteiger charge is -2.34. The number of nitro benzene ring substituents is 1. The zero-order valence-corrected chi connectivity index (χ0v) is 18.6. The highest BCUT2D eigenvalue weighted by molar-refractivity contribution is 7.89. The molecular weight excluding hydrogens is 420 g/mol. The molecule has 31 heavy (non-hydrogen) atoms. The lowest BCUT2D eigenvalue weighted by atomic mass is 10.1. The molecule has 166 valence electrons.